The van der Waals surface area contributed by atoms with Gasteiger partial charge in [0, 0.05) is 4.47 Å². The van der Waals surface area contributed by atoms with Crippen molar-refractivity contribution in [3.8, 4) is 5.75 Å². The van der Waals surface area contributed by atoms with Crippen LogP contribution in [0.1, 0.15) is 21.5 Å². The van der Waals surface area contributed by atoms with E-state index in [1.807, 2.05) is 30.3 Å². The van der Waals surface area contributed by atoms with Crippen molar-refractivity contribution in [2.75, 3.05) is 7.11 Å². The predicted octanol–water partition coefficient (Wildman–Crippen LogP) is 5.90. The Morgan fingerprint density at radius 2 is 1.95 bits per heavy atom. The molecule has 0 aromatic heterocycles. The standard InChI is InChI=1S/C15H13Br2ClO/c1-9-11(4-3-5-12(9)16)15(17)10-6-7-14(19-2)13(18)8-10/h3-8,15H,1-2H3. The van der Waals surface area contributed by atoms with Gasteiger partial charge in [-0.2, -0.15) is 0 Å². The van der Waals surface area contributed by atoms with Gasteiger partial charge in [0.15, 0.2) is 0 Å². The molecule has 0 saturated carbocycles. The zero-order valence-corrected chi connectivity index (χ0v) is 14.5. The third-order valence-corrected chi connectivity index (χ3v) is 5.23. The van der Waals surface area contributed by atoms with E-state index >= 15 is 0 Å². The van der Waals surface area contributed by atoms with Crippen LogP contribution in [0.5, 0.6) is 5.75 Å². The van der Waals surface area contributed by atoms with E-state index in [0.29, 0.717) is 10.8 Å². The monoisotopic (exact) mass is 402 g/mol. The molecule has 0 aliphatic heterocycles. The minimum atomic E-state index is 0.105. The van der Waals surface area contributed by atoms with Gasteiger partial charge in [0.2, 0.25) is 0 Å². The van der Waals surface area contributed by atoms with Gasteiger partial charge < -0.3 is 4.74 Å². The summed E-state index contributed by atoms with van der Waals surface area (Å²) in [5, 5.41) is 0.622. The van der Waals surface area contributed by atoms with Crippen molar-refractivity contribution in [3.63, 3.8) is 0 Å². The molecule has 0 radical (unpaired) electrons. The molecule has 0 saturated heterocycles. The highest BCUT2D eigenvalue weighted by Gasteiger charge is 2.15. The molecule has 2 rings (SSSR count). The third-order valence-electron chi connectivity index (χ3n) is 3.05. The summed E-state index contributed by atoms with van der Waals surface area (Å²) in [7, 11) is 1.62. The Bertz CT molecular complexity index is 599. The number of halogens is 3. The smallest absolute Gasteiger partial charge is 0.137 e. The van der Waals surface area contributed by atoms with Crippen LogP contribution in [0.25, 0.3) is 0 Å². The van der Waals surface area contributed by atoms with Crippen molar-refractivity contribution in [1.82, 2.24) is 0 Å². The molecule has 0 aliphatic rings. The number of rotatable bonds is 3. The Labute approximate surface area is 135 Å². The summed E-state index contributed by atoms with van der Waals surface area (Å²) in [5.41, 5.74) is 3.54. The van der Waals surface area contributed by atoms with Gasteiger partial charge in [0.25, 0.3) is 0 Å². The molecule has 1 atom stereocenters. The molecule has 100 valence electrons. The van der Waals surface area contributed by atoms with E-state index < -0.39 is 0 Å². The van der Waals surface area contributed by atoms with E-state index in [1.54, 1.807) is 7.11 Å². The first kappa shape index (κ1) is 14.9. The fourth-order valence-corrected chi connectivity index (χ4v) is 3.35. The lowest BCUT2D eigenvalue weighted by Gasteiger charge is -2.15. The lowest BCUT2D eigenvalue weighted by Crippen LogP contribution is -1.97. The van der Waals surface area contributed by atoms with Crippen molar-refractivity contribution in [2.24, 2.45) is 0 Å². The second-order valence-corrected chi connectivity index (χ2v) is 6.39. The van der Waals surface area contributed by atoms with Crippen molar-refractivity contribution in [2.45, 2.75) is 11.8 Å². The van der Waals surface area contributed by atoms with E-state index in [-0.39, 0.29) is 4.83 Å². The van der Waals surface area contributed by atoms with Crippen LogP contribution < -0.4 is 4.74 Å². The van der Waals surface area contributed by atoms with Gasteiger partial charge in [-0.15, -0.1) is 0 Å². The molecule has 1 unspecified atom stereocenters. The van der Waals surface area contributed by atoms with E-state index in [2.05, 4.69) is 44.8 Å². The summed E-state index contributed by atoms with van der Waals surface area (Å²) in [5.74, 6) is 0.691. The molecular formula is C15H13Br2ClO. The molecule has 0 aliphatic carbocycles. The van der Waals surface area contributed by atoms with Crippen LogP contribution in [0.15, 0.2) is 40.9 Å². The summed E-state index contributed by atoms with van der Waals surface area (Å²) in [4.78, 5) is 0.105. The first-order valence-corrected chi connectivity index (χ1v) is 7.85. The SMILES string of the molecule is COc1ccc(C(Br)c2cccc(Br)c2C)cc1Cl. The third kappa shape index (κ3) is 3.15. The number of methoxy groups -OCH3 is 1. The van der Waals surface area contributed by atoms with Crippen molar-refractivity contribution >= 4 is 43.5 Å². The Kier molecular flexibility index (Phi) is 4.93. The predicted molar refractivity (Wildman–Crippen MR) is 87.7 cm³/mol. The molecular weight excluding hydrogens is 391 g/mol. The molecule has 0 amide bonds. The molecule has 19 heavy (non-hydrogen) atoms. The minimum absolute atomic E-state index is 0.105. The number of hydrogen-bond donors (Lipinski definition) is 0. The Morgan fingerprint density at radius 1 is 1.21 bits per heavy atom. The summed E-state index contributed by atoms with van der Waals surface area (Å²) in [6, 6.07) is 12.0. The molecule has 1 nitrogen and oxygen atoms in total. The van der Waals surface area contributed by atoms with E-state index in [4.69, 9.17) is 16.3 Å². The largest absolute Gasteiger partial charge is 0.495 e. The number of alkyl halides is 1. The minimum Gasteiger partial charge on any atom is -0.495 e. The zero-order valence-electron chi connectivity index (χ0n) is 10.6. The molecule has 2 aromatic rings. The Morgan fingerprint density at radius 3 is 2.58 bits per heavy atom. The average molecular weight is 405 g/mol. The highest BCUT2D eigenvalue weighted by molar-refractivity contribution is 9.10. The van der Waals surface area contributed by atoms with Gasteiger partial charge >= 0.3 is 0 Å². The lowest BCUT2D eigenvalue weighted by molar-refractivity contribution is 0.415. The van der Waals surface area contributed by atoms with Crippen molar-refractivity contribution in [1.29, 1.82) is 0 Å². The number of hydrogen-bond acceptors (Lipinski definition) is 1. The molecule has 0 heterocycles. The van der Waals surface area contributed by atoms with Crippen LogP contribution >= 0.6 is 43.5 Å². The zero-order chi connectivity index (χ0) is 14.0. The molecule has 0 spiro atoms. The van der Waals surface area contributed by atoms with Gasteiger partial charge in [0.1, 0.15) is 5.75 Å². The van der Waals surface area contributed by atoms with Gasteiger partial charge in [-0.3, -0.25) is 0 Å². The maximum atomic E-state index is 6.18. The number of benzene rings is 2. The first-order valence-electron chi connectivity index (χ1n) is 5.77. The van der Waals surface area contributed by atoms with Crippen LogP contribution in [0.2, 0.25) is 5.02 Å². The summed E-state index contributed by atoms with van der Waals surface area (Å²) in [6.07, 6.45) is 0. The molecule has 0 bridgehead atoms. The van der Waals surface area contributed by atoms with Gasteiger partial charge in [-0.25, -0.2) is 0 Å². The van der Waals surface area contributed by atoms with Crippen LogP contribution in [0, 0.1) is 6.92 Å². The first-order chi connectivity index (χ1) is 9.04. The highest BCUT2D eigenvalue weighted by Crippen LogP contribution is 2.37. The Balaban J connectivity index is 2.41. The Hall–Kier alpha value is -0.510. The summed E-state index contributed by atoms with van der Waals surface area (Å²) < 4.78 is 6.28. The summed E-state index contributed by atoms with van der Waals surface area (Å²) >= 11 is 13.5. The van der Waals surface area contributed by atoms with Crippen LogP contribution in [-0.2, 0) is 0 Å². The molecule has 4 heteroatoms. The highest BCUT2D eigenvalue weighted by atomic mass is 79.9. The van der Waals surface area contributed by atoms with Crippen molar-refractivity contribution < 1.29 is 4.74 Å². The van der Waals surface area contributed by atoms with E-state index in [0.717, 1.165) is 10.0 Å². The quantitative estimate of drug-likeness (QED) is 0.579. The maximum Gasteiger partial charge on any atom is 0.137 e. The van der Waals surface area contributed by atoms with Crippen molar-refractivity contribution in [3.05, 3.63) is 62.6 Å². The van der Waals surface area contributed by atoms with Gasteiger partial charge in [0.05, 0.1) is 17.0 Å². The van der Waals surface area contributed by atoms with E-state index in [9.17, 15) is 0 Å². The van der Waals surface area contributed by atoms with E-state index in [1.165, 1.54) is 11.1 Å². The average Bonchev–Trinajstić information content (AvgIpc) is 2.41. The molecule has 0 N–H and O–H groups in total. The van der Waals surface area contributed by atoms with Crippen LogP contribution in [0.4, 0.5) is 0 Å². The second-order valence-electron chi connectivity index (χ2n) is 4.21. The molecule has 2 aromatic carbocycles. The lowest BCUT2D eigenvalue weighted by atomic mass is 10.0. The topological polar surface area (TPSA) is 9.23 Å². The van der Waals surface area contributed by atoms with Crippen LogP contribution in [0.3, 0.4) is 0 Å². The fraction of sp³-hybridized carbons (Fsp3) is 0.200. The van der Waals surface area contributed by atoms with Crippen LogP contribution in [-0.4, -0.2) is 7.11 Å². The normalized spacial score (nSPS) is 12.3. The second kappa shape index (κ2) is 6.29. The number of ether oxygens (including phenoxy) is 1. The van der Waals surface area contributed by atoms with Gasteiger partial charge in [-0.1, -0.05) is 61.7 Å². The fourth-order valence-electron chi connectivity index (χ4n) is 1.92. The maximum absolute atomic E-state index is 6.18. The van der Waals surface area contributed by atoms with Gasteiger partial charge in [-0.05, 0) is 41.8 Å². The summed E-state index contributed by atoms with van der Waals surface area (Å²) in [6.45, 7) is 2.10. The molecule has 0 fully saturated rings.